The van der Waals surface area contributed by atoms with Gasteiger partial charge in [0.15, 0.2) is 18.1 Å². The number of hydrogen-bond donors (Lipinski definition) is 1. The maximum atomic E-state index is 12.6. The minimum Gasteiger partial charge on any atom is -0.493 e. The van der Waals surface area contributed by atoms with Gasteiger partial charge >= 0.3 is 0 Å². The van der Waals surface area contributed by atoms with Gasteiger partial charge in [-0.1, -0.05) is 36.2 Å². The van der Waals surface area contributed by atoms with Gasteiger partial charge in [-0.05, 0) is 49.2 Å². The van der Waals surface area contributed by atoms with Crippen LogP contribution in [0.25, 0.3) is 0 Å². The third-order valence-electron chi connectivity index (χ3n) is 4.05. The minimum absolute atomic E-state index is 0.121. The van der Waals surface area contributed by atoms with Crippen LogP contribution in [0.2, 0.25) is 10.0 Å². The first-order valence-corrected chi connectivity index (χ1v) is 9.89. The fourth-order valence-corrected chi connectivity index (χ4v) is 2.98. The fourth-order valence-electron chi connectivity index (χ4n) is 2.64. The number of ether oxygens (including phenoxy) is 2. The van der Waals surface area contributed by atoms with Crippen LogP contribution in [-0.4, -0.2) is 43.5 Å². The summed E-state index contributed by atoms with van der Waals surface area (Å²) in [4.78, 5) is 26.5. The number of carbonyl (C=O) groups is 2. The monoisotopic (exact) mass is 438 g/mol. The van der Waals surface area contributed by atoms with E-state index in [0.29, 0.717) is 40.2 Å². The van der Waals surface area contributed by atoms with E-state index in [1.807, 2.05) is 26.0 Å². The van der Waals surface area contributed by atoms with Gasteiger partial charge in [-0.15, -0.1) is 0 Å². The molecule has 2 rings (SSSR count). The minimum atomic E-state index is -0.371. The summed E-state index contributed by atoms with van der Waals surface area (Å²) in [6, 6.07) is 10.2. The van der Waals surface area contributed by atoms with Crippen LogP contribution in [0.4, 0.5) is 5.69 Å². The number of aryl methyl sites for hydroxylation is 1. The molecule has 2 aromatic rings. The molecule has 0 saturated heterocycles. The third kappa shape index (κ3) is 6.84. The molecule has 156 valence electrons. The van der Waals surface area contributed by atoms with E-state index < -0.39 is 0 Å². The quantitative estimate of drug-likeness (QED) is 0.622. The van der Waals surface area contributed by atoms with E-state index in [9.17, 15) is 9.59 Å². The topological polar surface area (TPSA) is 67.9 Å². The number of methoxy groups -OCH3 is 1. The highest BCUT2D eigenvalue weighted by atomic mass is 35.5. The van der Waals surface area contributed by atoms with Crippen LogP contribution in [0.15, 0.2) is 36.4 Å². The molecule has 0 bridgehead atoms. The number of nitrogens with one attached hydrogen (secondary N) is 1. The van der Waals surface area contributed by atoms with Crippen molar-refractivity contribution < 1.29 is 19.1 Å². The summed E-state index contributed by atoms with van der Waals surface area (Å²) in [6.45, 7) is 3.96. The zero-order valence-electron chi connectivity index (χ0n) is 16.6. The van der Waals surface area contributed by atoms with Crippen molar-refractivity contribution in [3.8, 4) is 11.5 Å². The number of halogens is 2. The lowest BCUT2D eigenvalue weighted by atomic mass is 10.2. The maximum Gasteiger partial charge on any atom is 0.260 e. The molecule has 6 nitrogen and oxygen atoms in total. The average Bonchev–Trinajstić information content (AvgIpc) is 2.69. The Bertz CT molecular complexity index is 874. The summed E-state index contributed by atoms with van der Waals surface area (Å²) in [6.07, 6.45) is 0.699. The number of amides is 2. The Morgan fingerprint density at radius 1 is 1.10 bits per heavy atom. The second kappa shape index (κ2) is 10.9. The Morgan fingerprint density at radius 2 is 1.86 bits per heavy atom. The Kier molecular flexibility index (Phi) is 8.61. The van der Waals surface area contributed by atoms with Gasteiger partial charge in [0.2, 0.25) is 5.91 Å². The van der Waals surface area contributed by atoms with Gasteiger partial charge in [0, 0.05) is 11.6 Å². The molecular weight excluding hydrogens is 415 g/mol. The van der Waals surface area contributed by atoms with Gasteiger partial charge < -0.3 is 19.7 Å². The van der Waals surface area contributed by atoms with Crippen LogP contribution < -0.4 is 14.8 Å². The number of rotatable bonds is 9. The maximum absolute atomic E-state index is 12.6. The highest BCUT2D eigenvalue weighted by molar-refractivity contribution is 6.35. The van der Waals surface area contributed by atoms with E-state index in [-0.39, 0.29) is 25.0 Å². The van der Waals surface area contributed by atoms with Crippen LogP contribution in [0.3, 0.4) is 0 Å². The Hall–Kier alpha value is -2.44. The molecule has 0 aromatic heterocycles. The van der Waals surface area contributed by atoms with Crippen LogP contribution in [0.1, 0.15) is 18.9 Å². The third-order valence-corrected chi connectivity index (χ3v) is 4.62. The molecule has 0 fully saturated rings. The van der Waals surface area contributed by atoms with Crippen LogP contribution >= 0.6 is 23.2 Å². The largest absolute Gasteiger partial charge is 0.493 e. The highest BCUT2D eigenvalue weighted by Crippen LogP contribution is 2.28. The molecular formula is C21H24Cl2N2O4. The standard InChI is InChI=1S/C21H24Cl2N2O4/c1-4-9-25(12-20(26)24-17-11-15(22)6-7-16(17)23)21(27)13-29-18-8-5-14(2)10-19(18)28-3/h5-8,10-11H,4,9,12-13H2,1-3H3,(H,24,26). The van der Waals surface area contributed by atoms with Crippen LogP contribution in [-0.2, 0) is 9.59 Å². The van der Waals surface area contributed by atoms with Gasteiger partial charge in [-0.3, -0.25) is 9.59 Å². The van der Waals surface area contributed by atoms with Gasteiger partial charge in [0.25, 0.3) is 5.91 Å². The number of carbonyl (C=O) groups excluding carboxylic acids is 2. The predicted molar refractivity (Wildman–Crippen MR) is 115 cm³/mol. The molecule has 0 heterocycles. The van der Waals surface area contributed by atoms with Crippen molar-refractivity contribution in [2.24, 2.45) is 0 Å². The Balaban J connectivity index is 2.00. The molecule has 0 spiro atoms. The molecule has 2 amide bonds. The van der Waals surface area contributed by atoms with Crippen LogP contribution in [0.5, 0.6) is 11.5 Å². The second-order valence-electron chi connectivity index (χ2n) is 6.43. The molecule has 1 N–H and O–H groups in total. The van der Waals surface area contributed by atoms with E-state index in [1.54, 1.807) is 24.3 Å². The first-order valence-electron chi connectivity index (χ1n) is 9.14. The first-order chi connectivity index (χ1) is 13.8. The molecule has 0 saturated carbocycles. The van der Waals surface area contributed by atoms with Crippen molar-refractivity contribution in [3.05, 3.63) is 52.0 Å². The highest BCUT2D eigenvalue weighted by Gasteiger charge is 2.18. The predicted octanol–water partition coefficient (Wildman–Crippen LogP) is 4.57. The number of hydrogen-bond acceptors (Lipinski definition) is 4. The molecule has 0 aliphatic carbocycles. The lowest BCUT2D eigenvalue weighted by molar-refractivity contribution is -0.136. The summed E-state index contributed by atoms with van der Waals surface area (Å²) in [7, 11) is 1.54. The van der Waals surface area contributed by atoms with Crippen molar-refractivity contribution in [3.63, 3.8) is 0 Å². The number of anilines is 1. The zero-order chi connectivity index (χ0) is 21.4. The number of benzene rings is 2. The number of nitrogens with zero attached hydrogens (tertiary/aromatic N) is 1. The van der Waals surface area contributed by atoms with E-state index in [1.165, 1.54) is 12.0 Å². The summed E-state index contributed by atoms with van der Waals surface area (Å²) >= 11 is 12.0. The van der Waals surface area contributed by atoms with E-state index in [2.05, 4.69) is 5.32 Å². The molecule has 0 aliphatic heterocycles. The molecule has 2 aromatic carbocycles. The van der Waals surface area contributed by atoms with Gasteiger partial charge in [0.05, 0.1) is 24.4 Å². The zero-order valence-corrected chi connectivity index (χ0v) is 18.1. The van der Waals surface area contributed by atoms with Crippen molar-refractivity contribution in [2.45, 2.75) is 20.3 Å². The van der Waals surface area contributed by atoms with Crippen molar-refractivity contribution in [1.82, 2.24) is 4.90 Å². The van der Waals surface area contributed by atoms with Crippen molar-refractivity contribution in [2.75, 3.05) is 32.1 Å². The molecule has 0 atom stereocenters. The second-order valence-corrected chi connectivity index (χ2v) is 7.27. The van der Waals surface area contributed by atoms with E-state index in [0.717, 1.165) is 5.56 Å². The molecule has 8 heteroatoms. The SMILES string of the molecule is CCCN(CC(=O)Nc1cc(Cl)ccc1Cl)C(=O)COc1ccc(C)cc1OC. The normalized spacial score (nSPS) is 10.4. The van der Waals surface area contributed by atoms with E-state index >= 15 is 0 Å². The summed E-state index contributed by atoms with van der Waals surface area (Å²) in [5.41, 5.74) is 1.41. The van der Waals surface area contributed by atoms with Crippen LogP contribution in [0, 0.1) is 6.92 Å². The summed E-state index contributed by atoms with van der Waals surface area (Å²) < 4.78 is 10.9. The smallest absolute Gasteiger partial charge is 0.260 e. The lowest BCUT2D eigenvalue weighted by Crippen LogP contribution is -2.41. The van der Waals surface area contributed by atoms with Gasteiger partial charge in [-0.2, -0.15) is 0 Å². The summed E-state index contributed by atoms with van der Waals surface area (Å²) in [5, 5.41) is 3.50. The molecule has 29 heavy (non-hydrogen) atoms. The fraction of sp³-hybridized carbons (Fsp3) is 0.333. The van der Waals surface area contributed by atoms with Gasteiger partial charge in [0.1, 0.15) is 0 Å². The Morgan fingerprint density at radius 3 is 2.55 bits per heavy atom. The lowest BCUT2D eigenvalue weighted by Gasteiger charge is -2.22. The van der Waals surface area contributed by atoms with Gasteiger partial charge in [-0.25, -0.2) is 0 Å². The van der Waals surface area contributed by atoms with Crippen molar-refractivity contribution >= 4 is 40.7 Å². The Labute approximate surface area is 180 Å². The molecule has 0 unspecified atom stereocenters. The molecule has 0 aliphatic rings. The summed E-state index contributed by atoms with van der Waals surface area (Å²) in [5.74, 6) is 0.344. The molecule has 0 radical (unpaired) electrons. The van der Waals surface area contributed by atoms with Crippen molar-refractivity contribution in [1.29, 1.82) is 0 Å². The average molecular weight is 439 g/mol. The first kappa shape index (κ1) is 22.8. The van der Waals surface area contributed by atoms with E-state index in [4.69, 9.17) is 32.7 Å².